The first-order valence-corrected chi connectivity index (χ1v) is 12.3. The maximum Gasteiger partial charge on any atom is 0.417 e. The van der Waals surface area contributed by atoms with Gasteiger partial charge in [-0.05, 0) is 30.0 Å². The number of nitrogens with zero attached hydrogens (tertiary/aromatic N) is 1. The number of hydrogen-bond donors (Lipinski definition) is 2. The van der Waals surface area contributed by atoms with E-state index in [0.29, 0.717) is 24.1 Å². The highest BCUT2D eigenvalue weighted by atomic mass is 32.2. The Bertz CT molecular complexity index is 1180. The number of hydrogen-bond acceptors (Lipinski definition) is 5. The van der Waals surface area contributed by atoms with Gasteiger partial charge < -0.3 is 5.32 Å². The van der Waals surface area contributed by atoms with Gasteiger partial charge in [0, 0.05) is 6.54 Å². The molecule has 0 aliphatic carbocycles. The molecule has 0 amide bonds. The van der Waals surface area contributed by atoms with Crippen LogP contribution in [0.3, 0.4) is 0 Å². The van der Waals surface area contributed by atoms with Crippen LogP contribution in [0.25, 0.3) is 0 Å². The van der Waals surface area contributed by atoms with Crippen molar-refractivity contribution < 1.29 is 30.0 Å². The van der Waals surface area contributed by atoms with Crippen molar-refractivity contribution in [3.05, 3.63) is 53.6 Å². The van der Waals surface area contributed by atoms with Crippen molar-refractivity contribution in [3.8, 4) is 0 Å². The molecular weight excluding hydrogens is 455 g/mol. The number of primary sulfonamides is 1. The second-order valence-corrected chi connectivity index (χ2v) is 11.1. The molecule has 1 aliphatic heterocycles. The molecule has 170 valence electrons. The number of alkyl halides is 3. The van der Waals surface area contributed by atoms with Crippen molar-refractivity contribution in [1.82, 2.24) is 4.31 Å². The van der Waals surface area contributed by atoms with Gasteiger partial charge in [-0.2, -0.15) is 17.5 Å². The zero-order chi connectivity index (χ0) is 23.2. The van der Waals surface area contributed by atoms with Gasteiger partial charge in [0.1, 0.15) is 4.90 Å². The highest BCUT2D eigenvalue weighted by molar-refractivity contribution is 7.90. The fourth-order valence-corrected chi connectivity index (χ4v) is 6.02. The highest BCUT2D eigenvalue weighted by Gasteiger charge is 2.43. The maximum atomic E-state index is 13.5. The van der Waals surface area contributed by atoms with Crippen molar-refractivity contribution >= 4 is 25.7 Å². The van der Waals surface area contributed by atoms with Crippen LogP contribution in [-0.4, -0.2) is 27.3 Å². The van der Waals surface area contributed by atoms with Gasteiger partial charge in [0.25, 0.3) is 0 Å². The van der Waals surface area contributed by atoms with E-state index in [1.54, 1.807) is 30.3 Å². The summed E-state index contributed by atoms with van der Waals surface area (Å²) in [6.45, 7) is 3.67. The van der Waals surface area contributed by atoms with Crippen molar-refractivity contribution in [2.75, 3.05) is 5.32 Å². The van der Waals surface area contributed by atoms with Gasteiger partial charge in [-0.1, -0.05) is 44.2 Å². The molecule has 1 unspecified atom stereocenters. The number of halogens is 3. The number of anilines is 1. The smallest absolute Gasteiger partial charge is 0.368 e. The molecule has 0 radical (unpaired) electrons. The van der Waals surface area contributed by atoms with Crippen LogP contribution in [0.1, 0.15) is 31.4 Å². The molecule has 1 heterocycles. The summed E-state index contributed by atoms with van der Waals surface area (Å²) in [6.07, 6.45) is -5.54. The van der Waals surface area contributed by atoms with Crippen LogP contribution in [-0.2, 0) is 32.8 Å². The van der Waals surface area contributed by atoms with Crippen LogP contribution in [0.15, 0.2) is 52.3 Å². The number of nitrogens with one attached hydrogen (secondary N) is 1. The van der Waals surface area contributed by atoms with Crippen molar-refractivity contribution in [3.63, 3.8) is 0 Å². The Kier molecular flexibility index (Phi) is 6.13. The fourth-order valence-electron chi connectivity index (χ4n) is 3.47. The lowest BCUT2D eigenvalue weighted by Crippen LogP contribution is -2.48. The molecule has 2 aromatic rings. The Morgan fingerprint density at radius 1 is 1.16 bits per heavy atom. The van der Waals surface area contributed by atoms with E-state index < -0.39 is 47.7 Å². The molecule has 2 aromatic carbocycles. The highest BCUT2D eigenvalue weighted by Crippen LogP contribution is 2.42. The summed E-state index contributed by atoms with van der Waals surface area (Å²) >= 11 is 0. The van der Waals surface area contributed by atoms with Gasteiger partial charge in [-0.3, -0.25) is 0 Å². The molecular formula is C19H22F3N3O4S2. The molecule has 3 rings (SSSR count). The topological polar surface area (TPSA) is 110 Å². The largest absolute Gasteiger partial charge is 0.417 e. The molecule has 12 heteroatoms. The summed E-state index contributed by atoms with van der Waals surface area (Å²) in [5.74, 6) is 0.0262. The number of nitrogens with two attached hydrogens (primary N) is 1. The van der Waals surface area contributed by atoms with E-state index in [1.807, 2.05) is 13.8 Å². The van der Waals surface area contributed by atoms with Gasteiger partial charge in [0.2, 0.25) is 20.0 Å². The molecule has 0 bridgehead atoms. The summed E-state index contributed by atoms with van der Waals surface area (Å²) in [5.41, 5.74) is -1.16. The van der Waals surface area contributed by atoms with Gasteiger partial charge in [-0.15, -0.1) is 0 Å². The minimum absolute atomic E-state index is 0.0262. The molecule has 0 aromatic heterocycles. The SMILES string of the molecule is CC(C)CC1Nc2cc(C(F)(F)F)c(S(N)(=O)=O)cc2S(=O)(=O)N1Cc1ccccc1. The maximum absolute atomic E-state index is 13.5. The average molecular weight is 478 g/mol. The molecule has 0 fully saturated rings. The summed E-state index contributed by atoms with van der Waals surface area (Å²) in [7, 11) is -9.18. The Morgan fingerprint density at radius 2 is 1.77 bits per heavy atom. The minimum atomic E-state index is -5.04. The second-order valence-electron chi connectivity index (χ2n) is 7.71. The monoisotopic (exact) mass is 477 g/mol. The first-order valence-electron chi connectivity index (χ1n) is 9.31. The third-order valence-electron chi connectivity index (χ3n) is 4.83. The lowest BCUT2D eigenvalue weighted by atomic mass is 10.1. The first kappa shape index (κ1) is 23.5. The summed E-state index contributed by atoms with van der Waals surface area (Å²) < 4.78 is 92.1. The number of rotatable bonds is 5. The van der Waals surface area contributed by atoms with E-state index >= 15 is 0 Å². The normalized spacial score (nSPS) is 19.1. The van der Waals surface area contributed by atoms with Gasteiger partial charge in [-0.25, -0.2) is 22.0 Å². The Hall–Kier alpha value is -2.15. The van der Waals surface area contributed by atoms with Crippen molar-refractivity contribution in [2.24, 2.45) is 11.1 Å². The summed E-state index contributed by atoms with van der Waals surface area (Å²) in [6, 6.07) is 9.67. The standard InChI is InChI=1S/C19H22F3N3O4S2/c1-12(2)8-18-24-15-9-14(19(20,21)22)16(30(23,26)27)10-17(15)31(28,29)25(18)11-13-6-4-3-5-7-13/h3-7,9-10,12,18,24H,8,11H2,1-2H3,(H2,23,26,27). The van der Waals surface area contributed by atoms with Crippen LogP contribution in [0.5, 0.6) is 0 Å². The second kappa shape index (κ2) is 8.08. The molecule has 1 aliphatic rings. The quantitative estimate of drug-likeness (QED) is 0.687. The van der Waals surface area contributed by atoms with Crippen LogP contribution in [0.2, 0.25) is 0 Å². The van der Waals surface area contributed by atoms with Crippen molar-refractivity contribution in [2.45, 2.75) is 48.9 Å². The predicted molar refractivity (Wildman–Crippen MR) is 109 cm³/mol. The minimum Gasteiger partial charge on any atom is -0.368 e. The average Bonchev–Trinajstić information content (AvgIpc) is 2.63. The Balaban J connectivity index is 2.22. The van der Waals surface area contributed by atoms with Gasteiger partial charge >= 0.3 is 6.18 Å². The van der Waals surface area contributed by atoms with Gasteiger partial charge in [0.15, 0.2) is 0 Å². The number of fused-ring (bicyclic) bond motifs is 1. The Morgan fingerprint density at radius 3 is 2.29 bits per heavy atom. The van der Waals surface area contributed by atoms with E-state index in [-0.39, 0.29) is 18.2 Å². The Labute approximate surface area is 179 Å². The third-order valence-corrected chi connectivity index (χ3v) is 7.67. The van der Waals surface area contributed by atoms with E-state index in [9.17, 15) is 30.0 Å². The molecule has 7 nitrogen and oxygen atoms in total. The van der Waals surface area contributed by atoms with E-state index in [1.165, 1.54) is 0 Å². The third kappa shape index (κ3) is 4.86. The number of benzene rings is 2. The summed E-state index contributed by atoms with van der Waals surface area (Å²) in [5, 5.41) is 7.83. The summed E-state index contributed by atoms with van der Waals surface area (Å²) in [4.78, 5) is -1.86. The lowest BCUT2D eigenvalue weighted by molar-refractivity contribution is -0.139. The van der Waals surface area contributed by atoms with Gasteiger partial charge in [0.05, 0.1) is 22.3 Å². The van der Waals surface area contributed by atoms with E-state index in [2.05, 4.69) is 5.32 Å². The van der Waals surface area contributed by atoms with Crippen LogP contribution >= 0.6 is 0 Å². The molecule has 3 N–H and O–H groups in total. The number of sulfonamides is 2. The molecule has 31 heavy (non-hydrogen) atoms. The first-order chi connectivity index (χ1) is 14.2. The van der Waals surface area contributed by atoms with E-state index in [0.717, 1.165) is 4.31 Å². The fraction of sp³-hybridized carbons (Fsp3) is 0.368. The lowest BCUT2D eigenvalue weighted by Gasteiger charge is -2.38. The zero-order valence-corrected chi connectivity index (χ0v) is 18.4. The molecule has 1 atom stereocenters. The van der Waals surface area contributed by atoms with Crippen LogP contribution in [0, 0.1) is 5.92 Å². The van der Waals surface area contributed by atoms with Crippen LogP contribution < -0.4 is 10.5 Å². The zero-order valence-electron chi connectivity index (χ0n) is 16.7. The van der Waals surface area contributed by atoms with Crippen LogP contribution in [0.4, 0.5) is 18.9 Å². The van der Waals surface area contributed by atoms with Crippen molar-refractivity contribution in [1.29, 1.82) is 0 Å². The molecule has 0 spiro atoms. The molecule has 0 saturated heterocycles. The van der Waals surface area contributed by atoms with E-state index in [4.69, 9.17) is 5.14 Å². The molecule has 0 saturated carbocycles. The predicted octanol–water partition coefficient (Wildman–Crippen LogP) is 3.34.